The Morgan fingerprint density at radius 1 is 1.03 bits per heavy atom. The monoisotopic (exact) mass is 477 g/mol. The lowest BCUT2D eigenvalue weighted by Gasteiger charge is -2.08. The SMILES string of the molecule is COc1ccc(CC(=O)NCC(=O)N/N=C/c2ccc(-c3cccc(C(=O)OC(C)C)c3)o2)cc1. The van der Waals surface area contributed by atoms with Gasteiger partial charge in [-0.05, 0) is 55.8 Å². The van der Waals surface area contributed by atoms with Crippen molar-refractivity contribution in [1.29, 1.82) is 0 Å². The third kappa shape index (κ3) is 7.85. The number of nitrogens with zero attached hydrogens (tertiary/aromatic N) is 1. The molecule has 2 amide bonds. The Labute approximate surface area is 203 Å². The smallest absolute Gasteiger partial charge is 0.338 e. The Balaban J connectivity index is 1.47. The van der Waals surface area contributed by atoms with Gasteiger partial charge in [-0.3, -0.25) is 9.59 Å². The van der Waals surface area contributed by atoms with Crippen molar-refractivity contribution in [3.63, 3.8) is 0 Å². The number of benzene rings is 2. The van der Waals surface area contributed by atoms with Crippen LogP contribution in [0.3, 0.4) is 0 Å². The Morgan fingerprint density at radius 3 is 2.51 bits per heavy atom. The summed E-state index contributed by atoms with van der Waals surface area (Å²) in [6.07, 6.45) is 1.28. The van der Waals surface area contributed by atoms with E-state index in [1.165, 1.54) is 6.21 Å². The summed E-state index contributed by atoms with van der Waals surface area (Å²) in [5.41, 5.74) is 4.26. The van der Waals surface area contributed by atoms with Gasteiger partial charge < -0.3 is 19.2 Å². The van der Waals surface area contributed by atoms with Crippen molar-refractivity contribution in [3.05, 3.63) is 77.6 Å². The van der Waals surface area contributed by atoms with E-state index in [9.17, 15) is 14.4 Å². The van der Waals surface area contributed by atoms with Crippen molar-refractivity contribution in [2.24, 2.45) is 5.10 Å². The zero-order valence-electron chi connectivity index (χ0n) is 19.7. The first-order chi connectivity index (χ1) is 16.8. The summed E-state index contributed by atoms with van der Waals surface area (Å²) < 4.78 is 16.0. The van der Waals surface area contributed by atoms with Gasteiger partial charge in [0.2, 0.25) is 5.91 Å². The van der Waals surface area contributed by atoms with Gasteiger partial charge in [-0.2, -0.15) is 5.10 Å². The third-order valence-electron chi connectivity index (χ3n) is 4.70. The van der Waals surface area contributed by atoms with Gasteiger partial charge in [0.25, 0.3) is 5.91 Å². The molecule has 3 rings (SSSR count). The molecule has 9 heteroatoms. The van der Waals surface area contributed by atoms with E-state index in [0.29, 0.717) is 28.4 Å². The fraction of sp³-hybridized carbons (Fsp3) is 0.231. The molecule has 0 aliphatic heterocycles. The van der Waals surface area contributed by atoms with E-state index in [4.69, 9.17) is 13.9 Å². The van der Waals surface area contributed by atoms with Gasteiger partial charge in [-0.1, -0.05) is 24.3 Å². The molecule has 0 saturated heterocycles. The predicted molar refractivity (Wildman–Crippen MR) is 130 cm³/mol. The number of hydrogen-bond acceptors (Lipinski definition) is 7. The lowest BCUT2D eigenvalue weighted by atomic mass is 10.1. The summed E-state index contributed by atoms with van der Waals surface area (Å²) >= 11 is 0. The molecule has 35 heavy (non-hydrogen) atoms. The molecule has 3 aromatic rings. The largest absolute Gasteiger partial charge is 0.497 e. The average Bonchev–Trinajstić information content (AvgIpc) is 3.32. The van der Waals surface area contributed by atoms with E-state index < -0.39 is 11.9 Å². The summed E-state index contributed by atoms with van der Waals surface area (Å²) in [7, 11) is 1.57. The zero-order valence-corrected chi connectivity index (χ0v) is 19.7. The van der Waals surface area contributed by atoms with Gasteiger partial charge >= 0.3 is 5.97 Å². The standard InChI is InChI=1S/C26H27N3O6/c1-17(2)34-26(32)20-6-4-5-19(14-20)23-12-11-22(35-23)15-28-29-25(31)16-27-24(30)13-18-7-9-21(33-3)10-8-18/h4-12,14-15,17H,13,16H2,1-3H3,(H,27,30)(H,29,31)/b28-15+. The molecule has 182 valence electrons. The second-order valence-corrected chi connectivity index (χ2v) is 7.83. The molecule has 2 aromatic carbocycles. The highest BCUT2D eigenvalue weighted by Gasteiger charge is 2.12. The van der Waals surface area contributed by atoms with Crippen LogP contribution in [0.1, 0.15) is 35.5 Å². The lowest BCUT2D eigenvalue weighted by molar-refractivity contribution is -0.125. The van der Waals surface area contributed by atoms with E-state index in [2.05, 4.69) is 15.8 Å². The number of hydrazone groups is 1. The number of hydrogen-bond donors (Lipinski definition) is 2. The highest BCUT2D eigenvalue weighted by Crippen LogP contribution is 2.23. The molecule has 0 bridgehead atoms. The van der Waals surface area contributed by atoms with Crippen LogP contribution in [0, 0.1) is 0 Å². The summed E-state index contributed by atoms with van der Waals surface area (Å²) in [5, 5.41) is 6.39. The van der Waals surface area contributed by atoms with Crippen LogP contribution in [0.15, 0.2) is 70.2 Å². The van der Waals surface area contributed by atoms with Crippen LogP contribution in [-0.2, 0) is 20.7 Å². The number of methoxy groups -OCH3 is 1. The highest BCUT2D eigenvalue weighted by molar-refractivity contribution is 5.91. The van der Waals surface area contributed by atoms with Gasteiger partial charge in [-0.15, -0.1) is 0 Å². The molecule has 0 aliphatic rings. The maximum atomic E-state index is 12.1. The first-order valence-corrected chi connectivity index (χ1v) is 11.0. The number of esters is 1. The van der Waals surface area contributed by atoms with Crippen LogP contribution in [0.4, 0.5) is 0 Å². The number of carbonyl (C=O) groups excluding carboxylic acids is 3. The number of rotatable bonds is 10. The van der Waals surface area contributed by atoms with E-state index in [0.717, 1.165) is 5.56 Å². The van der Waals surface area contributed by atoms with E-state index in [-0.39, 0.29) is 25.0 Å². The average molecular weight is 478 g/mol. The van der Waals surface area contributed by atoms with Gasteiger partial charge in [0.05, 0.1) is 38.0 Å². The van der Waals surface area contributed by atoms with Crippen LogP contribution in [0.5, 0.6) is 5.75 Å². The Bertz CT molecular complexity index is 1200. The summed E-state index contributed by atoms with van der Waals surface area (Å²) in [6.45, 7) is 3.36. The number of amides is 2. The lowest BCUT2D eigenvalue weighted by Crippen LogP contribution is -2.35. The maximum absolute atomic E-state index is 12.1. The van der Waals surface area contributed by atoms with Gasteiger partial charge in [0.1, 0.15) is 17.3 Å². The molecule has 0 atom stereocenters. The molecule has 9 nitrogen and oxygen atoms in total. The Morgan fingerprint density at radius 2 is 1.80 bits per heavy atom. The van der Waals surface area contributed by atoms with Crippen molar-refractivity contribution < 1.29 is 28.3 Å². The van der Waals surface area contributed by atoms with Crippen molar-refractivity contribution in [3.8, 4) is 17.1 Å². The Hall–Kier alpha value is -4.40. The molecule has 0 fully saturated rings. The third-order valence-corrected chi connectivity index (χ3v) is 4.70. The normalized spacial score (nSPS) is 10.9. The number of furan rings is 1. The number of carbonyl (C=O) groups is 3. The first-order valence-electron chi connectivity index (χ1n) is 11.0. The van der Waals surface area contributed by atoms with Gasteiger partial charge in [-0.25, -0.2) is 10.2 Å². The molecule has 0 spiro atoms. The fourth-order valence-corrected chi connectivity index (χ4v) is 3.04. The minimum Gasteiger partial charge on any atom is -0.497 e. The summed E-state index contributed by atoms with van der Waals surface area (Å²) in [4.78, 5) is 36.1. The second kappa shape index (κ2) is 12.2. The van der Waals surface area contributed by atoms with Crippen molar-refractivity contribution in [2.75, 3.05) is 13.7 Å². The number of ether oxygens (including phenoxy) is 2. The van der Waals surface area contributed by atoms with Crippen molar-refractivity contribution in [1.82, 2.24) is 10.7 Å². The number of nitrogens with one attached hydrogen (secondary N) is 2. The minimum absolute atomic E-state index is 0.145. The zero-order chi connectivity index (χ0) is 25.2. The minimum atomic E-state index is -0.479. The van der Waals surface area contributed by atoms with Crippen LogP contribution in [-0.4, -0.2) is 43.8 Å². The summed E-state index contributed by atoms with van der Waals surface area (Å²) in [6, 6.07) is 17.4. The topological polar surface area (TPSA) is 119 Å². The van der Waals surface area contributed by atoms with Gasteiger partial charge in [0.15, 0.2) is 0 Å². The van der Waals surface area contributed by atoms with Crippen LogP contribution >= 0.6 is 0 Å². The molecule has 1 heterocycles. The summed E-state index contributed by atoms with van der Waals surface area (Å²) in [5.74, 6) is 0.461. The van der Waals surface area contributed by atoms with Gasteiger partial charge in [0, 0.05) is 5.56 Å². The first kappa shape index (κ1) is 25.2. The molecular weight excluding hydrogens is 450 g/mol. The van der Waals surface area contributed by atoms with Crippen LogP contribution in [0.2, 0.25) is 0 Å². The van der Waals surface area contributed by atoms with E-state index in [1.54, 1.807) is 75.6 Å². The molecule has 0 unspecified atom stereocenters. The molecule has 0 saturated carbocycles. The van der Waals surface area contributed by atoms with Crippen molar-refractivity contribution in [2.45, 2.75) is 26.4 Å². The molecule has 1 aromatic heterocycles. The molecule has 0 aliphatic carbocycles. The molecular formula is C26H27N3O6. The van der Waals surface area contributed by atoms with Crippen LogP contribution in [0.25, 0.3) is 11.3 Å². The Kier molecular flexibility index (Phi) is 8.77. The molecule has 2 N–H and O–H groups in total. The maximum Gasteiger partial charge on any atom is 0.338 e. The quantitative estimate of drug-likeness (QED) is 0.263. The fourth-order valence-electron chi connectivity index (χ4n) is 3.04. The predicted octanol–water partition coefficient (Wildman–Crippen LogP) is 3.33. The second-order valence-electron chi connectivity index (χ2n) is 7.83. The van der Waals surface area contributed by atoms with Crippen molar-refractivity contribution >= 4 is 24.0 Å². The van der Waals surface area contributed by atoms with E-state index in [1.807, 2.05) is 6.07 Å². The van der Waals surface area contributed by atoms with Crippen LogP contribution < -0.4 is 15.5 Å². The molecule has 0 radical (unpaired) electrons. The highest BCUT2D eigenvalue weighted by atomic mass is 16.5. The van der Waals surface area contributed by atoms with E-state index >= 15 is 0 Å².